The Labute approximate surface area is 123 Å². The Bertz CT molecular complexity index is 429. The predicted octanol–water partition coefficient (Wildman–Crippen LogP) is 4.13. The van der Waals surface area contributed by atoms with Crippen molar-refractivity contribution in [2.45, 2.75) is 45.4 Å². The summed E-state index contributed by atoms with van der Waals surface area (Å²) in [6.45, 7) is 5.69. The Hall–Kier alpha value is -1.02. The Morgan fingerprint density at radius 2 is 2.10 bits per heavy atom. The first kappa shape index (κ1) is 15.4. The molecule has 112 valence electrons. The molecule has 3 unspecified atom stereocenters. The number of hydrogen-bond donors (Lipinski definition) is 1. The van der Waals surface area contributed by atoms with Crippen LogP contribution in [-0.4, -0.2) is 20.7 Å². The first-order valence-corrected chi connectivity index (χ1v) is 7.98. The lowest BCUT2D eigenvalue weighted by molar-refractivity contribution is 0.228. The van der Waals surface area contributed by atoms with E-state index in [-0.39, 0.29) is 0 Å². The number of aryl methyl sites for hydroxylation is 1. The summed E-state index contributed by atoms with van der Waals surface area (Å²) >= 11 is 0. The molecule has 0 aliphatic heterocycles. The molecule has 2 heteroatoms. The maximum absolute atomic E-state index is 5.34. The van der Waals surface area contributed by atoms with Crippen LogP contribution in [0.5, 0.6) is 5.75 Å². The van der Waals surface area contributed by atoms with Crippen LogP contribution in [0.1, 0.15) is 49.7 Å². The molecule has 0 spiro atoms. The number of nitrogens with one attached hydrogen (secondary N) is 1. The van der Waals surface area contributed by atoms with E-state index in [1.165, 1.54) is 36.8 Å². The molecule has 1 saturated carbocycles. The van der Waals surface area contributed by atoms with Crippen LogP contribution in [0.15, 0.2) is 18.2 Å². The lowest BCUT2D eigenvalue weighted by Gasteiger charge is -2.37. The van der Waals surface area contributed by atoms with E-state index < -0.39 is 0 Å². The number of methoxy groups -OCH3 is 1. The van der Waals surface area contributed by atoms with Gasteiger partial charge in [0.1, 0.15) is 5.75 Å². The minimum Gasteiger partial charge on any atom is -0.497 e. The highest BCUT2D eigenvalue weighted by Gasteiger charge is 2.31. The molecule has 1 N–H and O–H groups in total. The Balaban J connectivity index is 2.24. The van der Waals surface area contributed by atoms with Crippen molar-refractivity contribution in [3.63, 3.8) is 0 Å². The summed E-state index contributed by atoms with van der Waals surface area (Å²) < 4.78 is 5.34. The molecule has 0 heterocycles. The zero-order valence-corrected chi connectivity index (χ0v) is 13.4. The highest BCUT2D eigenvalue weighted by Crippen LogP contribution is 2.42. The first-order valence-electron chi connectivity index (χ1n) is 7.98. The molecule has 1 aliphatic rings. The van der Waals surface area contributed by atoms with E-state index in [9.17, 15) is 0 Å². The average Bonchev–Trinajstić information content (AvgIpc) is 2.48. The lowest BCUT2D eigenvalue weighted by atomic mass is 9.69. The first-order chi connectivity index (χ1) is 9.69. The summed E-state index contributed by atoms with van der Waals surface area (Å²) in [6, 6.07) is 6.59. The van der Waals surface area contributed by atoms with Crippen molar-refractivity contribution >= 4 is 0 Å². The van der Waals surface area contributed by atoms with Crippen LogP contribution in [0.4, 0.5) is 0 Å². The predicted molar refractivity (Wildman–Crippen MR) is 85.5 cm³/mol. The molecule has 1 fully saturated rings. The van der Waals surface area contributed by atoms with Crippen LogP contribution >= 0.6 is 0 Å². The molecular formula is C18H29NO. The molecule has 0 amide bonds. The molecule has 20 heavy (non-hydrogen) atoms. The van der Waals surface area contributed by atoms with Gasteiger partial charge in [0.15, 0.2) is 0 Å². The quantitative estimate of drug-likeness (QED) is 0.872. The Morgan fingerprint density at radius 1 is 1.30 bits per heavy atom. The third-order valence-electron chi connectivity index (χ3n) is 5.02. The molecule has 3 atom stereocenters. The molecule has 1 aromatic carbocycles. The van der Waals surface area contributed by atoms with E-state index in [1.54, 1.807) is 7.11 Å². The normalized spacial score (nSPS) is 26.5. The fraction of sp³-hybridized carbons (Fsp3) is 0.667. The van der Waals surface area contributed by atoms with Gasteiger partial charge in [-0.25, -0.2) is 0 Å². The molecular weight excluding hydrogens is 246 g/mol. The highest BCUT2D eigenvalue weighted by molar-refractivity contribution is 5.37. The summed E-state index contributed by atoms with van der Waals surface area (Å²) in [5, 5.41) is 3.39. The molecule has 2 nitrogen and oxygen atoms in total. The summed E-state index contributed by atoms with van der Waals surface area (Å²) in [5.74, 6) is 3.34. The third kappa shape index (κ3) is 3.35. The van der Waals surface area contributed by atoms with Crippen LogP contribution in [0, 0.1) is 18.8 Å². The van der Waals surface area contributed by atoms with Crippen molar-refractivity contribution < 1.29 is 4.74 Å². The van der Waals surface area contributed by atoms with Gasteiger partial charge in [-0.15, -0.1) is 0 Å². The second-order valence-electron chi connectivity index (χ2n) is 6.23. The van der Waals surface area contributed by atoms with Crippen molar-refractivity contribution in [2.75, 3.05) is 20.7 Å². The summed E-state index contributed by atoms with van der Waals surface area (Å²) in [7, 11) is 3.82. The highest BCUT2D eigenvalue weighted by atomic mass is 16.5. The van der Waals surface area contributed by atoms with Gasteiger partial charge in [0, 0.05) is 0 Å². The molecule has 1 aliphatic carbocycles. The van der Waals surface area contributed by atoms with Crippen LogP contribution in [0.3, 0.4) is 0 Å². The van der Waals surface area contributed by atoms with Gasteiger partial charge in [0.25, 0.3) is 0 Å². The number of benzene rings is 1. The zero-order valence-electron chi connectivity index (χ0n) is 13.4. The van der Waals surface area contributed by atoms with E-state index in [2.05, 4.69) is 44.4 Å². The third-order valence-corrected chi connectivity index (χ3v) is 5.02. The van der Waals surface area contributed by atoms with Gasteiger partial charge in [0.05, 0.1) is 7.11 Å². The SMILES string of the molecule is CCC1CCC(CNC)C(c2ccc(OC)cc2C)C1. The van der Waals surface area contributed by atoms with E-state index in [1.807, 2.05) is 0 Å². The summed E-state index contributed by atoms with van der Waals surface area (Å²) in [6.07, 6.45) is 5.41. The smallest absolute Gasteiger partial charge is 0.119 e. The molecule has 0 bridgehead atoms. The van der Waals surface area contributed by atoms with Crippen LogP contribution < -0.4 is 10.1 Å². The van der Waals surface area contributed by atoms with E-state index in [4.69, 9.17) is 4.74 Å². The monoisotopic (exact) mass is 275 g/mol. The maximum Gasteiger partial charge on any atom is 0.119 e. The van der Waals surface area contributed by atoms with Crippen LogP contribution in [0.2, 0.25) is 0 Å². The number of rotatable bonds is 5. The van der Waals surface area contributed by atoms with Gasteiger partial charge in [0.2, 0.25) is 0 Å². The van der Waals surface area contributed by atoms with Crippen molar-refractivity contribution in [2.24, 2.45) is 11.8 Å². The van der Waals surface area contributed by atoms with E-state index in [0.717, 1.165) is 24.1 Å². The Kier molecular flexibility index (Phi) is 5.47. The topological polar surface area (TPSA) is 21.3 Å². The van der Waals surface area contributed by atoms with Gasteiger partial charge >= 0.3 is 0 Å². The average molecular weight is 275 g/mol. The van der Waals surface area contributed by atoms with Crippen LogP contribution in [0.25, 0.3) is 0 Å². The summed E-state index contributed by atoms with van der Waals surface area (Å²) in [4.78, 5) is 0. The summed E-state index contributed by atoms with van der Waals surface area (Å²) in [5.41, 5.74) is 2.91. The van der Waals surface area contributed by atoms with Gasteiger partial charge < -0.3 is 10.1 Å². The molecule has 0 saturated heterocycles. The fourth-order valence-corrected chi connectivity index (χ4v) is 3.77. The van der Waals surface area contributed by atoms with Gasteiger partial charge in [-0.1, -0.05) is 25.8 Å². The van der Waals surface area contributed by atoms with Gasteiger partial charge in [-0.3, -0.25) is 0 Å². The lowest BCUT2D eigenvalue weighted by Crippen LogP contribution is -2.30. The molecule has 1 aromatic rings. The van der Waals surface area contributed by atoms with Crippen molar-refractivity contribution in [1.29, 1.82) is 0 Å². The fourth-order valence-electron chi connectivity index (χ4n) is 3.77. The van der Waals surface area contributed by atoms with Crippen LogP contribution in [-0.2, 0) is 0 Å². The van der Waals surface area contributed by atoms with Crippen molar-refractivity contribution in [3.05, 3.63) is 29.3 Å². The molecule has 0 aromatic heterocycles. The molecule has 0 radical (unpaired) electrons. The minimum atomic E-state index is 0.701. The standard InChI is InChI=1S/C18H29NO/c1-5-14-6-7-15(12-19-3)18(11-14)17-9-8-16(20-4)10-13(17)2/h8-10,14-15,18-19H,5-7,11-12H2,1-4H3. The maximum atomic E-state index is 5.34. The second-order valence-corrected chi connectivity index (χ2v) is 6.23. The van der Waals surface area contributed by atoms with Gasteiger partial charge in [-0.2, -0.15) is 0 Å². The van der Waals surface area contributed by atoms with Crippen molar-refractivity contribution in [1.82, 2.24) is 5.32 Å². The van der Waals surface area contributed by atoms with E-state index >= 15 is 0 Å². The van der Waals surface area contributed by atoms with E-state index in [0.29, 0.717) is 5.92 Å². The minimum absolute atomic E-state index is 0.701. The number of hydrogen-bond acceptors (Lipinski definition) is 2. The van der Waals surface area contributed by atoms with Gasteiger partial charge in [-0.05, 0) is 74.4 Å². The molecule has 2 rings (SSSR count). The Morgan fingerprint density at radius 3 is 2.70 bits per heavy atom. The largest absolute Gasteiger partial charge is 0.497 e. The number of ether oxygens (including phenoxy) is 1. The van der Waals surface area contributed by atoms with Crippen molar-refractivity contribution in [3.8, 4) is 5.75 Å². The zero-order chi connectivity index (χ0) is 14.5. The second kappa shape index (κ2) is 7.12.